The zero-order valence-corrected chi connectivity index (χ0v) is 13.5. The lowest BCUT2D eigenvalue weighted by Gasteiger charge is -2.23. The first-order valence-electron chi connectivity index (χ1n) is 7.19. The van der Waals surface area contributed by atoms with E-state index in [0.717, 1.165) is 22.0 Å². The van der Waals surface area contributed by atoms with Gasteiger partial charge in [-0.05, 0) is 45.1 Å². The molecule has 0 spiro atoms. The first kappa shape index (κ1) is 15.7. The van der Waals surface area contributed by atoms with Crippen LogP contribution >= 0.6 is 12.2 Å². The summed E-state index contributed by atoms with van der Waals surface area (Å²) >= 11 is 5.36. The van der Waals surface area contributed by atoms with Gasteiger partial charge in [-0.15, -0.1) is 0 Å². The van der Waals surface area contributed by atoms with Crippen molar-refractivity contribution in [3.63, 3.8) is 0 Å². The van der Waals surface area contributed by atoms with Gasteiger partial charge in [-0.2, -0.15) is 0 Å². The summed E-state index contributed by atoms with van der Waals surface area (Å²) in [6, 6.07) is 8.23. The van der Waals surface area contributed by atoms with E-state index in [2.05, 4.69) is 24.4 Å². The number of benzene rings is 1. The second-order valence-corrected chi connectivity index (χ2v) is 5.26. The second-order valence-electron chi connectivity index (χ2n) is 4.79. The van der Waals surface area contributed by atoms with Gasteiger partial charge in [0.25, 0.3) is 0 Å². The third-order valence-corrected chi connectivity index (χ3v) is 3.46. The summed E-state index contributed by atoms with van der Waals surface area (Å²) in [6.45, 7) is 7.21. The van der Waals surface area contributed by atoms with Crippen LogP contribution in [0.1, 0.15) is 19.4 Å². The molecule has 3 nitrogen and oxygen atoms in total. The van der Waals surface area contributed by atoms with Crippen LogP contribution in [0.5, 0.6) is 0 Å². The highest BCUT2D eigenvalue weighted by atomic mass is 32.1. The molecule has 0 fully saturated rings. The highest BCUT2D eigenvalue weighted by molar-refractivity contribution is 7.80. The number of ether oxygens (including phenoxy) is 2. The van der Waals surface area contributed by atoms with Gasteiger partial charge in [0.1, 0.15) is 11.9 Å². The van der Waals surface area contributed by atoms with Crippen LogP contribution in [0.3, 0.4) is 0 Å². The van der Waals surface area contributed by atoms with Crippen LogP contribution in [-0.4, -0.2) is 24.2 Å². The maximum absolute atomic E-state index is 5.68. The van der Waals surface area contributed by atoms with Crippen molar-refractivity contribution >= 4 is 22.8 Å². The lowest BCUT2D eigenvalue weighted by molar-refractivity contribution is 0.139. The fourth-order valence-corrected chi connectivity index (χ4v) is 2.33. The first-order valence-corrected chi connectivity index (χ1v) is 7.60. The van der Waals surface area contributed by atoms with E-state index in [9.17, 15) is 0 Å². The van der Waals surface area contributed by atoms with Crippen LogP contribution in [-0.2, 0) is 9.47 Å². The molecule has 1 atom stereocenters. The van der Waals surface area contributed by atoms with Crippen LogP contribution in [0.15, 0.2) is 47.9 Å². The van der Waals surface area contributed by atoms with Crippen molar-refractivity contribution in [1.29, 1.82) is 0 Å². The standard InChI is InChI=1S/C17H21NO2S/c1-4-19-15-11-17(21)16(20-5-2)10-14(15)18-13-8-6-12(3)7-9-13/h6-11,16,18H,4-5H2,1-3H3. The normalized spacial score (nSPS) is 18.0. The molecule has 1 aliphatic carbocycles. The number of nitrogens with one attached hydrogen (secondary N) is 1. The summed E-state index contributed by atoms with van der Waals surface area (Å²) in [6.07, 6.45) is 3.67. The number of thiocarbonyl (C=S) groups is 1. The van der Waals surface area contributed by atoms with Crippen molar-refractivity contribution in [3.8, 4) is 0 Å². The highest BCUT2D eigenvalue weighted by Crippen LogP contribution is 2.23. The van der Waals surface area contributed by atoms with Crippen molar-refractivity contribution in [2.45, 2.75) is 26.9 Å². The molecule has 0 saturated carbocycles. The number of hydrogen-bond acceptors (Lipinski definition) is 4. The van der Waals surface area contributed by atoms with E-state index in [4.69, 9.17) is 21.7 Å². The molecule has 0 radical (unpaired) electrons. The Hall–Kier alpha value is -1.65. The minimum absolute atomic E-state index is 0.179. The maximum Gasteiger partial charge on any atom is 0.143 e. The largest absolute Gasteiger partial charge is 0.492 e. The number of anilines is 1. The number of rotatable bonds is 6. The van der Waals surface area contributed by atoms with E-state index in [1.807, 2.05) is 38.1 Å². The third-order valence-electron chi connectivity index (χ3n) is 3.11. The zero-order chi connectivity index (χ0) is 15.2. The summed E-state index contributed by atoms with van der Waals surface area (Å²) in [4.78, 5) is 0.745. The van der Waals surface area contributed by atoms with Gasteiger partial charge in [-0.25, -0.2) is 0 Å². The Morgan fingerprint density at radius 2 is 1.86 bits per heavy atom. The van der Waals surface area contributed by atoms with Gasteiger partial charge in [-0.1, -0.05) is 29.9 Å². The lowest BCUT2D eigenvalue weighted by atomic mass is 10.1. The van der Waals surface area contributed by atoms with Gasteiger partial charge in [0, 0.05) is 12.3 Å². The minimum atomic E-state index is -0.179. The smallest absolute Gasteiger partial charge is 0.143 e. The fourth-order valence-electron chi connectivity index (χ4n) is 2.09. The quantitative estimate of drug-likeness (QED) is 0.805. The molecular formula is C17H21NO2S. The molecular weight excluding hydrogens is 282 g/mol. The molecule has 1 aliphatic rings. The van der Waals surface area contributed by atoms with E-state index < -0.39 is 0 Å². The Bertz CT molecular complexity index is 561. The molecule has 0 aliphatic heterocycles. The molecule has 0 heterocycles. The van der Waals surface area contributed by atoms with Gasteiger partial charge in [0.2, 0.25) is 0 Å². The van der Waals surface area contributed by atoms with Gasteiger partial charge in [0.05, 0.1) is 17.2 Å². The summed E-state index contributed by atoms with van der Waals surface area (Å²) in [5, 5.41) is 3.38. The predicted octanol–water partition coefficient (Wildman–Crippen LogP) is 4.00. The molecule has 1 N–H and O–H groups in total. The average Bonchev–Trinajstić information content (AvgIpc) is 2.46. The molecule has 0 aromatic heterocycles. The summed E-state index contributed by atoms with van der Waals surface area (Å²) < 4.78 is 11.3. The fraction of sp³-hybridized carbons (Fsp3) is 0.353. The molecule has 1 aromatic carbocycles. The van der Waals surface area contributed by atoms with Gasteiger partial charge < -0.3 is 14.8 Å². The molecule has 0 amide bonds. The van der Waals surface area contributed by atoms with E-state index in [0.29, 0.717) is 13.2 Å². The molecule has 2 rings (SSSR count). The Morgan fingerprint density at radius 3 is 2.48 bits per heavy atom. The Morgan fingerprint density at radius 1 is 1.14 bits per heavy atom. The van der Waals surface area contributed by atoms with E-state index in [1.165, 1.54) is 5.56 Å². The van der Waals surface area contributed by atoms with Crippen molar-refractivity contribution in [1.82, 2.24) is 0 Å². The molecule has 1 unspecified atom stereocenters. The molecule has 0 saturated heterocycles. The summed E-state index contributed by atoms with van der Waals surface area (Å²) in [5.74, 6) is 0.763. The van der Waals surface area contributed by atoms with Crippen molar-refractivity contribution in [2.75, 3.05) is 18.5 Å². The SMILES string of the molecule is CCOC1=CC(=S)C(OCC)C=C1Nc1ccc(C)cc1. The molecule has 0 bridgehead atoms. The highest BCUT2D eigenvalue weighted by Gasteiger charge is 2.21. The van der Waals surface area contributed by atoms with E-state index in [1.54, 1.807) is 0 Å². The maximum atomic E-state index is 5.68. The predicted molar refractivity (Wildman–Crippen MR) is 90.6 cm³/mol. The van der Waals surface area contributed by atoms with Crippen molar-refractivity contribution in [2.24, 2.45) is 0 Å². The van der Waals surface area contributed by atoms with Gasteiger partial charge in [0.15, 0.2) is 0 Å². The second kappa shape index (κ2) is 7.38. The number of aryl methyl sites for hydroxylation is 1. The summed E-state index contributed by atoms with van der Waals surface area (Å²) in [7, 11) is 0. The van der Waals surface area contributed by atoms with Gasteiger partial charge in [-0.3, -0.25) is 0 Å². The van der Waals surface area contributed by atoms with Gasteiger partial charge >= 0.3 is 0 Å². The van der Waals surface area contributed by atoms with Crippen LogP contribution in [0.25, 0.3) is 0 Å². The van der Waals surface area contributed by atoms with Crippen LogP contribution in [0, 0.1) is 6.92 Å². The minimum Gasteiger partial charge on any atom is -0.492 e. The monoisotopic (exact) mass is 303 g/mol. The van der Waals surface area contributed by atoms with Crippen molar-refractivity contribution in [3.05, 3.63) is 53.4 Å². The Balaban J connectivity index is 2.22. The number of hydrogen-bond donors (Lipinski definition) is 1. The topological polar surface area (TPSA) is 30.5 Å². The zero-order valence-electron chi connectivity index (χ0n) is 12.7. The van der Waals surface area contributed by atoms with E-state index in [-0.39, 0.29) is 6.10 Å². The third kappa shape index (κ3) is 4.16. The molecule has 4 heteroatoms. The molecule has 1 aromatic rings. The van der Waals surface area contributed by atoms with Crippen LogP contribution < -0.4 is 5.32 Å². The van der Waals surface area contributed by atoms with E-state index >= 15 is 0 Å². The lowest BCUT2D eigenvalue weighted by Crippen LogP contribution is -2.25. The van der Waals surface area contributed by atoms with Crippen LogP contribution in [0.2, 0.25) is 0 Å². The molecule has 112 valence electrons. The average molecular weight is 303 g/mol. The Labute approximate surface area is 131 Å². The first-order chi connectivity index (χ1) is 10.1. The van der Waals surface area contributed by atoms with Crippen LogP contribution in [0.4, 0.5) is 5.69 Å². The van der Waals surface area contributed by atoms with Crippen molar-refractivity contribution < 1.29 is 9.47 Å². The Kier molecular flexibility index (Phi) is 5.53. The summed E-state index contributed by atoms with van der Waals surface area (Å²) in [5.41, 5.74) is 3.14. The molecule has 21 heavy (non-hydrogen) atoms.